The van der Waals surface area contributed by atoms with Crippen molar-refractivity contribution >= 4 is 11.8 Å². The predicted octanol–water partition coefficient (Wildman–Crippen LogP) is -0.393. The molecule has 0 spiro atoms. The zero-order chi connectivity index (χ0) is 13.5. The lowest BCUT2D eigenvalue weighted by Crippen LogP contribution is -2.55. The number of carbonyl (C=O) groups is 2. The van der Waals surface area contributed by atoms with Crippen LogP contribution in [0.25, 0.3) is 0 Å². The zero-order valence-electron chi connectivity index (χ0n) is 10.9. The standard InChI is InChI=1S/C12H23N3O3/c1-18-8-4-5-9(13)12(17)15-7-3-2-6-10(15)11(14)16/h9-10H,2-8,13H2,1H3,(H2,14,16). The molecular weight excluding hydrogens is 234 g/mol. The summed E-state index contributed by atoms with van der Waals surface area (Å²) < 4.78 is 4.92. The number of hydrogen-bond acceptors (Lipinski definition) is 4. The minimum atomic E-state index is -0.569. The summed E-state index contributed by atoms with van der Waals surface area (Å²) in [4.78, 5) is 25.0. The maximum atomic E-state index is 12.2. The van der Waals surface area contributed by atoms with Gasteiger partial charge in [0.1, 0.15) is 6.04 Å². The van der Waals surface area contributed by atoms with Gasteiger partial charge in [0.2, 0.25) is 11.8 Å². The monoisotopic (exact) mass is 257 g/mol. The van der Waals surface area contributed by atoms with E-state index in [-0.39, 0.29) is 5.91 Å². The summed E-state index contributed by atoms with van der Waals surface area (Å²) in [7, 11) is 1.61. The lowest BCUT2D eigenvalue weighted by Gasteiger charge is -2.35. The van der Waals surface area contributed by atoms with Gasteiger partial charge in [-0.15, -0.1) is 0 Å². The molecule has 0 aliphatic carbocycles. The summed E-state index contributed by atoms with van der Waals surface area (Å²) in [6.07, 6.45) is 3.77. The lowest BCUT2D eigenvalue weighted by atomic mass is 9.99. The first kappa shape index (κ1) is 14.9. The van der Waals surface area contributed by atoms with Crippen molar-refractivity contribution in [3.63, 3.8) is 0 Å². The Morgan fingerprint density at radius 3 is 2.78 bits per heavy atom. The normalized spacial score (nSPS) is 21.7. The van der Waals surface area contributed by atoms with E-state index in [0.717, 1.165) is 19.3 Å². The molecule has 0 saturated carbocycles. The first-order chi connectivity index (χ1) is 8.57. The molecule has 0 aromatic heterocycles. The molecule has 1 saturated heterocycles. The van der Waals surface area contributed by atoms with E-state index in [1.165, 1.54) is 0 Å². The zero-order valence-corrected chi connectivity index (χ0v) is 10.9. The highest BCUT2D eigenvalue weighted by molar-refractivity contribution is 5.89. The van der Waals surface area contributed by atoms with Crippen LogP contribution in [0.3, 0.4) is 0 Å². The topological polar surface area (TPSA) is 98.7 Å². The van der Waals surface area contributed by atoms with Crippen LogP contribution < -0.4 is 11.5 Å². The lowest BCUT2D eigenvalue weighted by molar-refractivity contribution is -0.142. The molecule has 2 atom stereocenters. The molecule has 18 heavy (non-hydrogen) atoms. The van der Waals surface area contributed by atoms with E-state index in [2.05, 4.69) is 0 Å². The van der Waals surface area contributed by atoms with Gasteiger partial charge in [-0.25, -0.2) is 0 Å². The number of primary amides is 1. The average molecular weight is 257 g/mol. The Morgan fingerprint density at radius 1 is 1.44 bits per heavy atom. The van der Waals surface area contributed by atoms with Gasteiger partial charge in [0.15, 0.2) is 0 Å². The summed E-state index contributed by atoms with van der Waals surface area (Å²) in [5.74, 6) is -0.609. The predicted molar refractivity (Wildman–Crippen MR) is 67.6 cm³/mol. The van der Waals surface area contributed by atoms with Crippen molar-refractivity contribution in [3.8, 4) is 0 Å². The number of methoxy groups -OCH3 is 1. The van der Waals surface area contributed by atoms with Gasteiger partial charge in [-0.2, -0.15) is 0 Å². The number of nitrogens with zero attached hydrogens (tertiary/aromatic N) is 1. The van der Waals surface area contributed by atoms with Crippen LogP contribution in [0.15, 0.2) is 0 Å². The highest BCUT2D eigenvalue weighted by Crippen LogP contribution is 2.18. The number of amides is 2. The maximum absolute atomic E-state index is 12.2. The molecule has 1 rings (SSSR count). The molecule has 0 aromatic rings. The highest BCUT2D eigenvalue weighted by Gasteiger charge is 2.32. The summed E-state index contributed by atoms with van der Waals surface area (Å²) in [5.41, 5.74) is 11.2. The second-order valence-electron chi connectivity index (χ2n) is 4.69. The van der Waals surface area contributed by atoms with Crippen LogP contribution in [-0.2, 0) is 14.3 Å². The first-order valence-corrected chi connectivity index (χ1v) is 6.42. The summed E-state index contributed by atoms with van der Waals surface area (Å²) in [6, 6.07) is -1.06. The van der Waals surface area contributed by atoms with Crippen LogP contribution in [0.1, 0.15) is 32.1 Å². The number of carbonyl (C=O) groups excluding carboxylic acids is 2. The van der Waals surface area contributed by atoms with Gasteiger partial charge in [0, 0.05) is 20.3 Å². The molecule has 2 amide bonds. The SMILES string of the molecule is COCCCC(N)C(=O)N1CCCCC1C(N)=O. The van der Waals surface area contributed by atoms with Crippen molar-refractivity contribution in [1.29, 1.82) is 0 Å². The number of likely N-dealkylation sites (tertiary alicyclic amines) is 1. The Bertz CT molecular complexity index is 296. The highest BCUT2D eigenvalue weighted by atomic mass is 16.5. The molecule has 0 bridgehead atoms. The molecule has 1 aliphatic heterocycles. The van der Waals surface area contributed by atoms with Crippen molar-refractivity contribution in [2.24, 2.45) is 11.5 Å². The Kier molecular flexibility index (Phi) is 6.07. The second kappa shape index (κ2) is 7.33. The van der Waals surface area contributed by atoms with Crippen molar-refractivity contribution in [2.75, 3.05) is 20.3 Å². The Morgan fingerprint density at radius 2 is 2.17 bits per heavy atom. The summed E-state index contributed by atoms with van der Waals surface area (Å²) in [6.45, 7) is 1.16. The number of ether oxygens (including phenoxy) is 1. The van der Waals surface area contributed by atoms with Gasteiger partial charge in [-0.1, -0.05) is 0 Å². The maximum Gasteiger partial charge on any atom is 0.240 e. The number of rotatable bonds is 6. The van der Waals surface area contributed by atoms with E-state index in [9.17, 15) is 9.59 Å². The van der Waals surface area contributed by atoms with Gasteiger partial charge in [-0.05, 0) is 32.1 Å². The summed E-state index contributed by atoms with van der Waals surface area (Å²) >= 11 is 0. The molecule has 6 heteroatoms. The smallest absolute Gasteiger partial charge is 0.240 e. The fourth-order valence-corrected chi connectivity index (χ4v) is 2.28. The Hall–Kier alpha value is -1.14. The van der Waals surface area contributed by atoms with Crippen LogP contribution in [0.2, 0.25) is 0 Å². The summed E-state index contributed by atoms with van der Waals surface area (Å²) in [5, 5.41) is 0. The van der Waals surface area contributed by atoms with Gasteiger partial charge in [0.05, 0.1) is 6.04 Å². The van der Waals surface area contributed by atoms with Gasteiger partial charge < -0.3 is 21.1 Å². The van der Waals surface area contributed by atoms with Gasteiger partial charge >= 0.3 is 0 Å². The number of nitrogens with two attached hydrogens (primary N) is 2. The van der Waals surface area contributed by atoms with E-state index in [1.807, 2.05) is 0 Å². The molecule has 1 fully saturated rings. The van der Waals surface area contributed by atoms with Crippen LogP contribution in [0.4, 0.5) is 0 Å². The molecule has 0 aromatic carbocycles. The quantitative estimate of drug-likeness (QED) is 0.633. The van der Waals surface area contributed by atoms with Crippen molar-refractivity contribution in [1.82, 2.24) is 4.90 Å². The van der Waals surface area contributed by atoms with Crippen LogP contribution in [0, 0.1) is 0 Å². The molecule has 2 unspecified atom stereocenters. The third-order valence-corrected chi connectivity index (χ3v) is 3.30. The molecule has 1 heterocycles. The molecule has 104 valence electrons. The largest absolute Gasteiger partial charge is 0.385 e. The van der Waals surface area contributed by atoms with Crippen LogP contribution >= 0.6 is 0 Å². The molecule has 6 nitrogen and oxygen atoms in total. The Labute approximate surface area is 108 Å². The molecule has 1 aliphatic rings. The van der Waals surface area contributed by atoms with E-state index in [0.29, 0.717) is 26.0 Å². The van der Waals surface area contributed by atoms with Crippen LogP contribution in [-0.4, -0.2) is 49.1 Å². The number of hydrogen-bond donors (Lipinski definition) is 2. The Balaban J connectivity index is 2.54. The first-order valence-electron chi connectivity index (χ1n) is 6.42. The number of piperidine rings is 1. The van der Waals surface area contributed by atoms with E-state index < -0.39 is 18.0 Å². The van der Waals surface area contributed by atoms with Crippen LogP contribution in [0.5, 0.6) is 0 Å². The van der Waals surface area contributed by atoms with E-state index in [4.69, 9.17) is 16.2 Å². The molecule has 0 radical (unpaired) electrons. The van der Waals surface area contributed by atoms with Crippen molar-refractivity contribution < 1.29 is 14.3 Å². The van der Waals surface area contributed by atoms with Gasteiger partial charge in [-0.3, -0.25) is 9.59 Å². The fourth-order valence-electron chi connectivity index (χ4n) is 2.28. The third kappa shape index (κ3) is 3.96. The second-order valence-corrected chi connectivity index (χ2v) is 4.69. The van der Waals surface area contributed by atoms with E-state index >= 15 is 0 Å². The van der Waals surface area contributed by atoms with Crippen molar-refractivity contribution in [3.05, 3.63) is 0 Å². The van der Waals surface area contributed by atoms with E-state index in [1.54, 1.807) is 12.0 Å². The third-order valence-electron chi connectivity index (χ3n) is 3.30. The minimum Gasteiger partial charge on any atom is -0.385 e. The molecular formula is C12H23N3O3. The fraction of sp³-hybridized carbons (Fsp3) is 0.833. The van der Waals surface area contributed by atoms with Crippen molar-refractivity contribution in [2.45, 2.75) is 44.2 Å². The van der Waals surface area contributed by atoms with Gasteiger partial charge in [0.25, 0.3) is 0 Å². The minimum absolute atomic E-state index is 0.172. The molecule has 4 N–H and O–H groups in total. The average Bonchev–Trinajstić information content (AvgIpc) is 2.38.